The largest absolute Gasteiger partial charge is 0.351 e. The minimum atomic E-state index is -0.0737. The van der Waals surface area contributed by atoms with Gasteiger partial charge in [0.15, 0.2) is 0 Å². The van der Waals surface area contributed by atoms with Crippen molar-refractivity contribution in [1.82, 2.24) is 15.5 Å². The Morgan fingerprint density at radius 1 is 1.41 bits per heavy atom. The zero-order valence-corrected chi connectivity index (χ0v) is 13.3. The second-order valence-corrected chi connectivity index (χ2v) is 6.76. The summed E-state index contributed by atoms with van der Waals surface area (Å²) in [4.78, 5) is 25.6. The number of carbonyl (C=O) groups excluding carboxylic acids is 2. The average molecular weight is 319 g/mol. The predicted octanol–water partition coefficient (Wildman–Crippen LogP) is 1.09. The second-order valence-electron chi connectivity index (χ2n) is 5.73. The molecular formula is C16H21N3O2S. The van der Waals surface area contributed by atoms with Crippen LogP contribution in [-0.4, -0.2) is 40.9 Å². The van der Waals surface area contributed by atoms with Gasteiger partial charge in [0.25, 0.3) is 0 Å². The van der Waals surface area contributed by atoms with E-state index in [1.165, 1.54) is 0 Å². The molecule has 1 unspecified atom stereocenters. The second kappa shape index (κ2) is 7.15. The van der Waals surface area contributed by atoms with Crippen LogP contribution in [0.2, 0.25) is 0 Å². The number of rotatable bonds is 5. The van der Waals surface area contributed by atoms with Gasteiger partial charge in [-0.15, -0.1) is 11.8 Å². The maximum atomic E-state index is 12.0. The van der Waals surface area contributed by atoms with Gasteiger partial charge < -0.3 is 10.2 Å². The molecule has 0 bridgehead atoms. The van der Waals surface area contributed by atoms with Crippen molar-refractivity contribution < 1.29 is 9.59 Å². The molecule has 2 amide bonds. The van der Waals surface area contributed by atoms with Gasteiger partial charge in [0.1, 0.15) is 0 Å². The van der Waals surface area contributed by atoms with Crippen molar-refractivity contribution in [3.8, 4) is 0 Å². The molecule has 2 aliphatic rings. The van der Waals surface area contributed by atoms with Gasteiger partial charge in [-0.1, -0.05) is 24.3 Å². The Morgan fingerprint density at radius 2 is 2.27 bits per heavy atom. The van der Waals surface area contributed by atoms with Gasteiger partial charge in [-0.05, 0) is 17.5 Å². The molecule has 2 N–H and O–H groups in total. The molecule has 1 atom stereocenters. The number of thioether (sulfide) groups is 1. The Morgan fingerprint density at radius 3 is 3.00 bits per heavy atom. The first-order valence-corrected chi connectivity index (χ1v) is 8.82. The number of nitrogens with one attached hydrogen (secondary N) is 2. The van der Waals surface area contributed by atoms with Crippen LogP contribution in [0.5, 0.6) is 0 Å². The maximum Gasteiger partial charge on any atom is 0.238 e. The number of hydrogen-bond donors (Lipinski definition) is 2. The Hall–Kier alpha value is -1.53. The number of likely N-dealkylation sites (tertiary alicyclic amines) is 1. The number of benzene rings is 1. The van der Waals surface area contributed by atoms with Crippen LogP contribution in [0.1, 0.15) is 24.0 Å². The Labute approximate surface area is 134 Å². The summed E-state index contributed by atoms with van der Waals surface area (Å²) in [5.74, 6) is 1.98. The van der Waals surface area contributed by atoms with E-state index in [0.717, 1.165) is 35.7 Å². The van der Waals surface area contributed by atoms with Crippen molar-refractivity contribution in [2.24, 2.45) is 0 Å². The van der Waals surface area contributed by atoms with Gasteiger partial charge in [0.2, 0.25) is 11.8 Å². The maximum absolute atomic E-state index is 12.0. The van der Waals surface area contributed by atoms with Crippen molar-refractivity contribution in [2.75, 3.05) is 18.2 Å². The molecule has 6 heteroatoms. The van der Waals surface area contributed by atoms with Crippen LogP contribution >= 0.6 is 11.8 Å². The third-order valence-corrected chi connectivity index (χ3v) is 4.98. The molecule has 0 spiro atoms. The van der Waals surface area contributed by atoms with E-state index < -0.39 is 0 Å². The Bertz CT molecular complexity index is 558. The molecule has 0 aromatic heterocycles. The third-order valence-electron chi connectivity index (χ3n) is 4.04. The standard InChI is InChI=1S/C16H21N3O2S/c20-15-5-2-6-19(15)9-13-4-1-3-12(7-13)8-17-16(21)14-10-22-11-18-14/h1,3-4,7,14,18H,2,5-6,8-11H2,(H,17,21). The molecule has 0 aliphatic carbocycles. The fourth-order valence-corrected chi connectivity index (χ4v) is 3.75. The zero-order valence-electron chi connectivity index (χ0n) is 12.5. The summed E-state index contributed by atoms with van der Waals surface area (Å²) in [7, 11) is 0. The lowest BCUT2D eigenvalue weighted by Gasteiger charge is -2.16. The van der Waals surface area contributed by atoms with Crippen LogP contribution in [0.4, 0.5) is 0 Å². The number of carbonyl (C=O) groups is 2. The Balaban J connectivity index is 1.54. The fraction of sp³-hybridized carbons (Fsp3) is 0.500. The van der Waals surface area contributed by atoms with E-state index in [-0.39, 0.29) is 17.9 Å². The molecule has 2 aliphatic heterocycles. The van der Waals surface area contributed by atoms with E-state index in [1.807, 2.05) is 23.1 Å². The summed E-state index contributed by atoms with van der Waals surface area (Å²) >= 11 is 1.74. The molecule has 118 valence electrons. The molecule has 2 heterocycles. The minimum absolute atomic E-state index is 0.0603. The molecule has 1 aromatic carbocycles. The summed E-state index contributed by atoms with van der Waals surface area (Å²) in [6, 6.07) is 8.03. The molecule has 0 saturated carbocycles. The Kier molecular flexibility index (Phi) is 5.00. The smallest absolute Gasteiger partial charge is 0.238 e. The molecule has 1 aromatic rings. The number of hydrogen-bond acceptors (Lipinski definition) is 4. The van der Waals surface area contributed by atoms with Crippen LogP contribution in [-0.2, 0) is 22.7 Å². The SMILES string of the molecule is O=C(NCc1cccc(CN2CCCC2=O)c1)C1CSCN1. The first-order chi connectivity index (χ1) is 10.7. The van der Waals surface area contributed by atoms with E-state index in [9.17, 15) is 9.59 Å². The highest BCUT2D eigenvalue weighted by molar-refractivity contribution is 7.99. The monoisotopic (exact) mass is 319 g/mol. The molecule has 5 nitrogen and oxygen atoms in total. The van der Waals surface area contributed by atoms with Crippen molar-refractivity contribution in [3.05, 3.63) is 35.4 Å². The summed E-state index contributed by atoms with van der Waals surface area (Å²) in [5, 5.41) is 6.14. The van der Waals surface area contributed by atoms with E-state index in [4.69, 9.17) is 0 Å². The topological polar surface area (TPSA) is 61.4 Å². The summed E-state index contributed by atoms with van der Waals surface area (Å²) < 4.78 is 0. The highest BCUT2D eigenvalue weighted by Crippen LogP contribution is 2.15. The van der Waals surface area contributed by atoms with Crippen LogP contribution in [0.15, 0.2) is 24.3 Å². The van der Waals surface area contributed by atoms with Crippen molar-refractivity contribution in [3.63, 3.8) is 0 Å². The van der Waals surface area contributed by atoms with Gasteiger partial charge in [-0.25, -0.2) is 0 Å². The molecule has 0 radical (unpaired) electrons. The van der Waals surface area contributed by atoms with Gasteiger partial charge in [-0.3, -0.25) is 14.9 Å². The molecule has 3 rings (SSSR count). The predicted molar refractivity (Wildman–Crippen MR) is 87.2 cm³/mol. The summed E-state index contributed by atoms with van der Waals surface area (Å²) in [6.07, 6.45) is 1.63. The van der Waals surface area contributed by atoms with Gasteiger partial charge in [0.05, 0.1) is 6.04 Å². The quantitative estimate of drug-likeness (QED) is 0.853. The lowest BCUT2D eigenvalue weighted by atomic mass is 10.1. The third kappa shape index (κ3) is 3.81. The van der Waals surface area contributed by atoms with Crippen LogP contribution in [0.3, 0.4) is 0 Å². The molecule has 22 heavy (non-hydrogen) atoms. The first kappa shape index (κ1) is 15.4. The van der Waals surface area contributed by atoms with E-state index in [0.29, 0.717) is 19.5 Å². The highest BCUT2D eigenvalue weighted by atomic mass is 32.2. The van der Waals surface area contributed by atoms with E-state index in [1.54, 1.807) is 11.8 Å². The normalized spacial score (nSPS) is 21.4. The van der Waals surface area contributed by atoms with Crippen LogP contribution < -0.4 is 10.6 Å². The molecule has 2 fully saturated rings. The lowest BCUT2D eigenvalue weighted by Crippen LogP contribution is -2.41. The summed E-state index contributed by atoms with van der Waals surface area (Å²) in [6.45, 7) is 2.05. The van der Waals surface area contributed by atoms with Crippen LogP contribution in [0, 0.1) is 0 Å². The average Bonchev–Trinajstić information content (AvgIpc) is 3.18. The number of nitrogens with zero attached hydrogens (tertiary/aromatic N) is 1. The minimum Gasteiger partial charge on any atom is -0.351 e. The van der Waals surface area contributed by atoms with Gasteiger partial charge in [-0.2, -0.15) is 0 Å². The molecular weight excluding hydrogens is 298 g/mol. The van der Waals surface area contributed by atoms with Crippen molar-refractivity contribution >= 4 is 23.6 Å². The highest BCUT2D eigenvalue weighted by Gasteiger charge is 2.22. The zero-order chi connectivity index (χ0) is 15.4. The van der Waals surface area contributed by atoms with Crippen molar-refractivity contribution in [1.29, 1.82) is 0 Å². The first-order valence-electron chi connectivity index (χ1n) is 7.67. The lowest BCUT2D eigenvalue weighted by molar-refractivity contribution is -0.128. The summed E-state index contributed by atoms with van der Waals surface area (Å²) in [5.41, 5.74) is 2.19. The number of amides is 2. The molecule has 2 saturated heterocycles. The van der Waals surface area contributed by atoms with Crippen molar-refractivity contribution in [2.45, 2.75) is 32.0 Å². The fourth-order valence-electron chi connectivity index (χ4n) is 2.81. The van der Waals surface area contributed by atoms with E-state index >= 15 is 0 Å². The van der Waals surface area contributed by atoms with E-state index in [2.05, 4.69) is 16.7 Å². The van der Waals surface area contributed by atoms with Gasteiger partial charge >= 0.3 is 0 Å². The van der Waals surface area contributed by atoms with Gasteiger partial charge in [0, 0.05) is 37.7 Å². The van der Waals surface area contributed by atoms with Crippen LogP contribution in [0.25, 0.3) is 0 Å².